The molecule has 2 aromatic carbocycles. The number of rotatable bonds is 9. The molecule has 2 aliphatic heterocycles. The Labute approximate surface area is 233 Å². The first-order valence-corrected chi connectivity index (χ1v) is 14.9. The van der Waals surface area contributed by atoms with E-state index in [9.17, 15) is 18.9 Å². The van der Waals surface area contributed by atoms with Gasteiger partial charge in [-0.25, -0.2) is 4.57 Å². The molecule has 4 N–H and O–H groups in total. The molecule has 0 spiro atoms. The minimum absolute atomic E-state index is 0.0203. The average molecular weight is 600 g/mol. The van der Waals surface area contributed by atoms with Gasteiger partial charge >= 0.3 is 7.82 Å². The fourth-order valence-electron chi connectivity index (χ4n) is 4.44. The van der Waals surface area contributed by atoms with Crippen LogP contribution in [0.15, 0.2) is 36.4 Å². The number of fused-ring (bicyclic) bond motifs is 1. The standard InChI is InChI=1S/C24H27ClN3O9PS/c1-14(29)28(19(23(26)30)8-15-2-4-17(5-3-15)37-38(32,33)34)20-12-39-7-6-27(24(20)31)11-16-9-21-22(10-18(16)25)36-13-35-21/h2-5,9-10,19-20H,6-8,11-13H2,1H3,(H2,26,30)(H2,32,33,34)/t19-,20-/m0/s1. The van der Waals surface area contributed by atoms with Gasteiger partial charge < -0.3 is 29.5 Å². The van der Waals surface area contributed by atoms with E-state index < -0.39 is 31.7 Å². The summed E-state index contributed by atoms with van der Waals surface area (Å²) in [5.41, 5.74) is 6.92. The number of nitrogens with two attached hydrogens (primary N) is 1. The Morgan fingerprint density at radius 2 is 1.92 bits per heavy atom. The van der Waals surface area contributed by atoms with E-state index >= 15 is 0 Å². The number of amides is 3. The Morgan fingerprint density at radius 1 is 1.26 bits per heavy atom. The van der Waals surface area contributed by atoms with Gasteiger partial charge in [0.25, 0.3) is 0 Å². The summed E-state index contributed by atoms with van der Waals surface area (Å²) < 4.78 is 26.4. The van der Waals surface area contributed by atoms with Gasteiger partial charge in [-0.1, -0.05) is 23.7 Å². The lowest BCUT2D eigenvalue weighted by molar-refractivity contribution is -0.148. The monoisotopic (exact) mass is 599 g/mol. The first-order valence-electron chi connectivity index (χ1n) is 11.8. The number of benzene rings is 2. The van der Waals surface area contributed by atoms with Crippen LogP contribution in [-0.4, -0.2) is 74.2 Å². The van der Waals surface area contributed by atoms with E-state index in [1.807, 2.05) is 0 Å². The van der Waals surface area contributed by atoms with Crippen molar-refractivity contribution in [3.63, 3.8) is 0 Å². The van der Waals surface area contributed by atoms with Crippen molar-refractivity contribution in [1.82, 2.24) is 9.80 Å². The van der Waals surface area contributed by atoms with E-state index in [2.05, 4.69) is 4.52 Å². The Kier molecular flexibility index (Phi) is 8.97. The number of primary amides is 1. The molecule has 210 valence electrons. The van der Waals surface area contributed by atoms with Crippen LogP contribution in [0.1, 0.15) is 18.1 Å². The number of halogens is 1. The second kappa shape index (κ2) is 12.1. The van der Waals surface area contributed by atoms with Crippen molar-refractivity contribution in [3.8, 4) is 17.2 Å². The third-order valence-electron chi connectivity index (χ3n) is 6.22. The van der Waals surface area contributed by atoms with Crippen molar-refractivity contribution < 1.29 is 42.7 Å². The minimum Gasteiger partial charge on any atom is -0.454 e. The summed E-state index contributed by atoms with van der Waals surface area (Å²) in [5, 5.41) is 0.408. The summed E-state index contributed by atoms with van der Waals surface area (Å²) >= 11 is 7.92. The molecule has 39 heavy (non-hydrogen) atoms. The number of phosphoric ester groups is 1. The fourth-order valence-corrected chi connectivity index (χ4v) is 6.10. The van der Waals surface area contributed by atoms with Crippen LogP contribution in [0, 0.1) is 0 Å². The maximum atomic E-state index is 13.8. The van der Waals surface area contributed by atoms with E-state index in [0.717, 1.165) is 0 Å². The summed E-state index contributed by atoms with van der Waals surface area (Å²) in [6.07, 6.45) is -0.0203. The first kappa shape index (κ1) is 29.0. The molecule has 0 bridgehead atoms. The van der Waals surface area contributed by atoms with E-state index in [0.29, 0.717) is 39.9 Å². The molecule has 4 rings (SSSR count). The lowest BCUT2D eigenvalue weighted by Gasteiger charge is -2.36. The van der Waals surface area contributed by atoms with Crippen LogP contribution < -0.4 is 19.7 Å². The second-order valence-corrected chi connectivity index (χ2v) is 11.6. The van der Waals surface area contributed by atoms with Crippen LogP contribution in [0.3, 0.4) is 0 Å². The molecule has 0 saturated carbocycles. The maximum Gasteiger partial charge on any atom is 0.524 e. The van der Waals surface area contributed by atoms with E-state index in [-0.39, 0.29) is 37.2 Å². The Balaban J connectivity index is 1.56. The van der Waals surface area contributed by atoms with Gasteiger partial charge in [0.15, 0.2) is 11.5 Å². The molecule has 0 aromatic heterocycles. The smallest absolute Gasteiger partial charge is 0.454 e. The van der Waals surface area contributed by atoms with Crippen molar-refractivity contribution in [2.45, 2.75) is 32.0 Å². The van der Waals surface area contributed by atoms with Crippen molar-refractivity contribution >= 4 is 48.9 Å². The normalized spacial score (nSPS) is 17.9. The Bertz CT molecular complexity index is 1310. The Morgan fingerprint density at radius 3 is 2.54 bits per heavy atom. The van der Waals surface area contributed by atoms with Gasteiger partial charge in [-0.2, -0.15) is 11.8 Å². The molecule has 1 fully saturated rings. The number of ether oxygens (including phenoxy) is 2. The quantitative estimate of drug-likeness (QED) is 0.362. The van der Waals surface area contributed by atoms with Crippen LogP contribution in [-0.2, 0) is 31.9 Å². The number of nitrogens with zero attached hydrogens (tertiary/aromatic N) is 2. The summed E-state index contributed by atoms with van der Waals surface area (Å²) in [4.78, 5) is 60.0. The van der Waals surface area contributed by atoms with E-state index in [1.165, 1.54) is 47.9 Å². The highest BCUT2D eigenvalue weighted by molar-refractivity contribution is 7.99. The molecule has 1 saturated heterocycles. The average Bonchev–Trinajstić information content (AvgIpc) is 3.22. The second-order valence-electron chi connectivity index (χ2n) is 8.92. The summed E-state index contributed by atoms with van der Waals surface area (Å²) in [5.74, 6) is 0.211. The van der Waals surface area contributed by atoms with E-state index in [1.54, 1.807) is 17.0 Å². The zero-order chi connectivity index (χ0) is 28.3. The minimum atomic E-state index is -4.74. The first-order chi connectivity index (χ1) is 18.4. The lowest BCUT2D eigenvalue weighted by Crippen LogP contribution is -2.58. The molecular weight excluding hydrogens is 573 g/mol. The van der Waals surface area contributed by atoms with Crippen LogP contribution in [0.4, 0.5) is 0 Å². The fraction of sp³-hybridized carbons (Fsp3) is 0.375. The van der Waals surface area contributed by atoms with Crippen LogP contribution in [0.2, 0.25) is 5.02 Å². The molecule has 15 heteroatoms. The summed E-state index contributed by atoms with van der Waals surface area (Å²) in [6, 6.07) is 6.89. The third kappa shape index (κ3) is 7.17. The van der Waals surface area contributed by atoms with Gasteiger partial charge in [0.1, 0.15) is 17.8 Å². The highest BCUT2D eigenvalue weighted by atomic mass is 35.5. The molecule has 0 radical (unpaired) electrons. The number of phosphoric acid groups is 1. The largest absolute Gasteiger partial charge is 0.524 e. The SMILES string of the molecule is CC(=O)N([C@@H](Cc1ccc(OP(=O)(O)O)cc1)C(N)=O)[C@H]1CSCCN(Cc2cc3c(cc2Cl)OCO3)C1=O. The third-order valence-corrected chi connectivity index (χ3v) is 8.04. The Hall–Kier alpha value is -2.96. The van der Waals surface area contributed by atoms with E-state index in [4.69, 9.17) is 36.6 Å². The van der Waals surface area contributed by atoms with Gasteiger partial charge in [-0.15, -0.1) is 0 Å². The van der Waals surface area contributed by atoms with Crippen molar-refractivity contribution in [1.29, 1.82) is 0 Å². The summed E-state index contributed by atoms with van der Waals surface area (Å²) in [6.45, 7) is 1.92. The summed E-state index contributed by atoms with van der Waals surface area (Å²) in [7, 11) is -4.74. The zero-order valence-electron chi connectivity index (χ0n) is 20.8. The maximum absolute atomic E-state index is 13.8. The van der Waals surface area contributed by atoms with Crippen LogP contribution in [0.5, 0.6) is 17.2 Å². The van der Waals surface area contributed by atoms with Crippen molar-refractivity contribution in [2.75, 3.05) is 24.8 Å². The van der Waals surface area contributed by atoms with Crippen molar-refractivity contribution in [3.05, 3.63) is 52.5 Å². The number of carbonyl (C=O) groups is 3. The molecule has 0 aliphatic carbocycles. The van der Waals surface area contributed by atoms with Gasteiger partial charge in [-0.05, 0) is 29.3 Å². The molecule has 2 aromatic rings. The zero-order valence-corrected chi connectivity index (χ0v) is 23.3. The molecule has 12 nitrogen and oxygen atoms in total. The highest BCUT2D eigenvalue weighted by Crippen LogP contribution is 2.38. The molecule has 2 aliphatic rings. The molecule has 3 amide bonds. The molecule has 0 unspecified atom stereocenters. The molecule has 2 atom stereocenters. The van der Waals surface area contributed by atoms with Crippen molar-refractivity contribution in [2.24, 2.45) is 5.73 Å². The van der Waals surface area contributed by atoms with Gasteiger partial charge in [-0.3, -0.25) is 24.2 Å². The molecular formula is C24H27ClN3O9PS. The van der Waals surface area contributed by atoms with Gasteiger partial charge in [0, 0.05) is 49.0 Å². The van der Waals surface area contributed by atoms with Crippen LogP contribution in [0.25, 0.3) is 0 Å². The highest BCUT2D eigenvalue weighted by Gasteiger charge is 2.39. The number of thioether (sulfide) groups is 1. The topological polar surface area (TPSA) is 169 Å². The number of carbonyl (C=O) groups excluding carboxylic acids is 3. The van der Waals surface area contributed by atoms with Gasteiger partial charge in [0.2, 0.25) is 24.5 Å². The lowest BCUT2D eigenvalue weighted by atomic mass is 10.0. The van der Waals surface area contributed by atoms with Crippen LogP contribution >= 0.6 is 31.2 Å². The molecule has 2 heterocycles. The predicted octanol–water partition coefficient (Wildman–Crippen LogP) is 1.93. The van der Waals surface area contributed by atoms with Gasteiger partial charge in [0.05, 0.1) is 0 Å². The number of hydrogen-bond donors (Lipinski definition) is 3. The number of hydrogen-bond acceptors (Lipinski definition) is 8. The predicted molar refractivity (Wildman–Crippen MR) is 142 cm³/mol.